The number of aromatic nitrogens is 4. The van der Waals surface area contributed by atoms with Crippen molar-refractivity contribution >= 4 is 17.7 Å². The van der Waals surface area contributed by atoms with Gasteiger partial charge in [0.25, 0.3) is 0 Å². The molecule has 0 atom stereocenters. The lowest BCUT2D eigenvalue weighted by Gasteiger charge is -2.01. The number of hydrogen-bond acceptors (Lipinski definition) is 7. The fraction of sp³-hybridized carbons (Fsp3) is 0.714. The van der Waals surface area contributed by atoms with Crippen LogP contribution in [0.4, 0.5) is 0 Å². The quantitative estimate of drug-likeness (QED) is 0.395. The number of esters is 1. The van der Waals surface area contributed by atoms with E-state index in [2.05, 4.69) is 20.3 Å². The Balaban J connectivity index is 2.49. The number of aliphatic hydroxyl groups excluding tert-OH is 1. The predicted molar refractivity (Wildman–Crippen MR) is 52.3 cm³/mol. The molecule has 1 rings (SSSR count). The average Bonchev–Trinajstić information content (AvgIpc) is 2.66. The predicted octanol–water partition coefficient (Wildman–Crippen LogP) is -0.679. The van der Waals surface area contributed by atoms with Gasteiger partial charge in [-0.3, -0.25) is 4.79 Å². The third kappa shape index (κ3) is 3.84. The highest BCUT2D eigenvalue weighted by molar-refractivity contribution is 7.99. The molecule has 8 heteroatoms. The van der Waals surface area contributed by atoms with Crippen LogP contribution in [0.25, 0.3) is 0 Å². The lowest BCUT2D eigenvalue weighted by Crippen LogP contribution is -2.13. The Morgan fingerprint density at radius 2 is 2.47 bits per heavy atom. The molecule has 15 heavy (non-hydrogen) atoms. The van der Waals surface area contributed by atoms with Crippen LogP contribution in [0.15, 0.2) is 5.16 Å². The molecule has 84 valence electrons. The molecule has 0 aliphatic heterocycles. The lowest BCUT2D eigenvalue weighted by atomic mass is 10.5. The standard InChI is InChI=1S/C7H12N4O3S/c1-14-6(13)5-11-7(8-9-10-11)15-4-2-3-12/h12H,2-5H2,1H3. The number of aliphatic hydroxyl groups is 1. The molecular weight excluding hydrogens is 220 g/mol. The summed E-state index contributed by atoms with van der Waals surface area (Å²) >= 11 is 1.39. The van der Waals surface area contributed by atoms with Crippen LogP contribution in [-0.4, -0.2) is 50.8 Å². The van der Waals surface area contributed by atoms with Gasteiger partial charge in [0, 0.05) is 12.4 Å². The highest BCUT2D eigenvalue weighted by atomic mass is 32.2. The Labute approximate surface area is 90.8 Å². The molecule has 0 unspecified atom stereocenters. The van der Waals surface area contributed by atoms with Crippen LogP contribution >= 0.6 is 11.8 Å². The first-order chi connectivity index (χ1) is 7.27. The maximum absolute atomic E-state index is 11.0. The van der Waals surface area contributed by atoms with Gasteiger partial charge in [-0.2, -0.15) is 0 Å². The van der Waals surface area contributed by atoms with Crippen molar-refractivity contribution in [2.75, 3.05) is 19.5 Å². The number of carbonyl (C=O) groups excluding carboxylic acids is 1. The van der Waals surface area contributed by atoms with Crippen LogP contribution in [0.3, 0.4) is 0 Å². The largest absolute Gasteiger partial charge is 0.468 e. The molecule has 1 heterocycles. The molecule has 0 saturated heterocycles. The molecule has 0 radical (unpaired) electrons. The number of tetrazole rings is 1. The summed E-state index contributed by atoms with van der Waals surface area (Å²) < 4.78 is 5.87. The molecule has 0 spiro atoms. The van der Waals surface area contributed by atoms with Gasteiger partial charge in [-0.15, -0.1) is 5.10 Å². The molecule has 1 N–H and O–H groups in total. The van der Waals surface area contributed by atoms with Crippen LogP contribution in [0.2, 0.25) is 0 Å². The van der Waals surface area contributed by atoms with Crippen molar-refractivity contribution in [3.63, 3.8) is 0 Å². The minimum absolute atomic E-state index is 0.00492. The summed E-state index contributed by atoms with van der Waals surface area (Å²) in [5.41, 5.74) is 0. The first-order valence-corrected chi connectivity index (χ1v) is 5.33. The van der Waals surface area contributed by atoms with Crippen molar-refractivity contribution in [1.82, 2.24) is 20.2 Å². The molecule has 0 amide bonds. The zero-order chi connectivity index (χ0) is 11.1. The minimum Gasteiger partial charge on any atom is -0.468 e. The summed E-state index contributed by atoms with van der Waals surface area (Å²) in [4.78, 5) is 11.0. The first-order valence-electron chi connectivity index (χ1n) is 4.34. The third-order valence-corrected chi connectivity index (χ3v) is 2.58. The second-order valence-electron chi connectivity index (χ2n) is 2.62. The summed E-state index contributed by atoms with van der Waals surface area (Å²) in [7, 11) is 1.31. The molecule has 0 fully saturated rings. The number of methoxy groups -OCH3 is 1. The maximum atomic E-state index is 11.0. The second-order valence-corrected chi connectivity index (χ2v) is 3.68. The normalized spacial score (nSPS) is 10.3. The van der Waals surface area contributed by atoms with E-state index in [1.54, 1.807) is 0 Å². The van der Waals surface area contributed by atoms with Gasteiger partial charge in [-0.1, -0.05) is 11.8 Å². The van der Waals surface area contributed by atoms with E-state index in [-0.39, 0.29) is 13.2 Å². The highest BCUT2D eigenvalue weighted by Gasteiger charge is 2.10. The zero-order valence-electron chi connectivity index (χ0n) is 8.29. The Morgan fingerprint density at radius 1 is 1.67 bits per heavy atom. The topological polar surface area (TPSA) is 90.1 Å². The van der Waals surface area contributed by atoms with Gasteiger partial charge in [0.2, 0.25) is 5.16 Å². The van der Waals surface area contributed by atoms with Crippen LogP contribution in [-0.2, 0) is 16.1 Å². The number of hydrogen-bond donors (Lipinski definition) is 1. The Kier molecular flexibility index (Phi) is 5.05. The molecule has 1 aromatic rings. The van der Waals surface area contributed by atoms with E-state index in [0.29, 0.717) is 17.3 Å². The van der Waals surface area contributed by atoms with Gasteiger partial charge >= 0.3 is 5.97 Å². The van der Waals surface area contributed by atoms with E-state index in [1.807, 2.05) is 0 Å². The van der Waals surface area contributed by atoms with Crippen molar-refractivity contribution in [1.29, 1.82) is 0 Å². The van der Waals surface area contributed by atoms with Gasteiger partial charge < -0.3 is 9.84 Å². The summed E-state index contributed by atoms with van der Waals surface area (Å²) in [6.07, 6.45) is 0.662. The van der Waals surface area contributed by atoms with Crippen LogP contribution in [0, 0.1) is 0 Å². The number of rotatable bonds is 6. The summed E-state index contributed by atoms with van der Waals surface area (Å²) in [6.45, 7) is 0.135. The zero-order valence-corrected chi connectivity index (χ0v) is 9.11. The monoisotopic (exact) mass is 232 g/mol. The lowest BCUT2D eigenvalue weighted by molar-refractivity contribution is -0.141. The fourth-order valence-corrected chi connectivity index (χ4v) is 1.61. The average molecular weight is 232 g/mol. The van der Waals surface area contributed by atoms with E-state index >= 15 is 0 Å². The van der Waals surface area contributed by atoms with Crippen molar-refractivity contribution < 1.29 is 14.6 Å². The molecule has 0 saturated carbocycles. The van der Waals surface area contributed by atoms with Crippen LogP contribution < -0.4 is 0 Å². The fourth-order valence-electron chi connectivity index (χ4n) is 0.814. The van der Waals surface area contributed by atoms with Crippen molar-refractivity contribution in [2.24, 2.45) is 0 Å². The van der Waals surface area contributed by atoms with Crippen LogP contribution in [0.1, 0.15) is 6.42 Å². The molecule has 0 bridgehead atoms. The number of ether oxygens (including phenoxy) is 1. The molecular formula is C7H12N4O3S. The highest BCUT2D eigenvalue weighted by Crippen LogP contribution is 2.14. The Hall–Kier alpha value is -1.15. The summed E-state index contributed by atoms with van der Waals surface area (Å²) in [5, 5.41) is 20.0. The van der Waals surface area contributed by atoms with Gasteiger partial charge in [-0.25, -0.2) is 4.68 Å². The molecule has 0 aromatic carbocycles. The number of carbonyl (C=O) groups is 1. The minimum atomic E-state index is -0.397. The number of nitrogens with zero attached hydrogens (tertiary/aromatic N) is 4. The Bertz CT molecular complexity index is 317. The van der Waals surface area contributed by atoms with E-state index in [1.165, 1.54) is 23.6 Å². The summed E-state index contributed by atoms with van der Waals surface area (Å²) in [6, 6.07) is 0. The molecule has 1 aromatic heterocycles. The van der Waals surface area contributed by atoms with E-state index in [0.717, 1.165) is 0 Å². The van der Waals surface area contributed by atoms with E-state index in [4.69, 9.17) is 5.11 Å². The summed E-state index contributed by atoms with van der Waals surface area (Å²) in [5.74, 6) is 0.309. The molecule has 0 aliphatic rings. The van der Waals surface area contributed by atoms with Crippen LogP contribution in [0.5, 0.6) is 0 Å². The van der Waals surface area contributed by atoms with Crippen molar-refractivity contribution in [3.05, 3.63) is 0 Å². The first kappa shape index (κ1) is 11.9. The molecule has 0 aliphatic carbocycles. The van der Waals surface area contributed by atoms with E-state index < -0.39 is 5.97 Å². The van der Waals surface area contributed by atoms with Gasteiger partial charge in [0.15, 0.2) is 0 Å². The smallest absolute Gasteiger partial charge is 0.327 e. The third-order valence-electron chi connectivity index (χ3n) is 1.54. The van der Waals surface area contributed by atoms with Crippen molar-refractivity contribution in [2.45, 2.75) is 18.1 Å². The van der Waals surface area contributed by atoms with Crippen molar-refractivity contribution in [3.8, 4) is 0 Å². The van der Waals surface area contributed by atoms with Gasteiger partial charge in [0.05, 0.1) is 7.11 Å². The van der Waals surface area contributed by atoms with E-state index in [9.17, 15) is 4.79 Å². The SMILES string of the molecule is COC(=O)Cn1nnnc1SCCCO. The Morgan fingerprint density at radius 3 is 3.13 bits per heavy atom. The second kappa shape index (κ2) is 6.36. The number of thioether (sulfide) groups is 1. The van der Waals surface area contributed by atoms with Gasteiger partial charge in [0.1, 0.15) is 6.54 Å². The molecule has 7 nitrogen and oxygen atoms in total. The maximum Gasteiger partial charge on any atom is 0.327 e. The van der Waals surface area contributed by atoms with Gasteiger partial charge in [-0.05, 0) is 16.8 Å².